The Bertz CT molecular complexity index is 433. The number of hydrogen-bond donors (Lipinski definition) is 1. The molecule has 0 amide bonds. The molecule has 0 bridgehead atoms. The molecule has 1 saturated heterocycles. The van der Waals surface area contributed by atoms with Gasteiger partial charge in [0.05, 0.1) is 10.9 Å². The van der Waals surface area contributed by atoms with E-state index in [0.717, 1.165) is 18.7 Å². The summed E-state index contributed by atoms with van der Waals surface area (Å²) in [4.78, 5) is 12.6. The molecule has 1 fully saturated rings. The highest BCUT2D eigenvalue weighted by molar-refractivity contribution is 9.10. The first kappa shape index (κ1) is 12.5. The first-order valence-corrected chi connectivity index (χ1v) is 6.22. The zero-order valence-electron chi connectivity index (χ0n) is 9.20. The molecule has 92 valence electrons. The molecule has 1 N–H and O–H groups in total. The topological polar surface area (TPSA) is 40.5 Å². The third kappa shape index (κ3) is 3.26. The third-order valence-corrected chi connectivity index (χ3v) is 3.53. The van der Waals surface area contributed by atoms with Gasteiger partial charge in [-0.05, 0) is 39.5 Å². The summed E-state index contributed by atoms with van der Waals surface area (Å²) in [5, 5.41) is 8.62. The zero-order chi connectivity index (χ0) is 12.4. The Labute approximate surface area is 107 Å². The molecule has 1 aromatic carbocycles. The standard InChI is InChI=1S/C12H13BrFNO2/c13-10-2-1-8(3-11(10)14)5-15-6-9(7-15)4-12(16)17/h1-3,9H,4-7H2,(H,16,17). The maximum atomic E-state index is 13.3. The summed E-state index contributed by atoms with van der Waals surface area (Å²) in [5.74, 6) is -0.762. The van der Waals surface area contributed by atoms with Gasteiger partial charge >= 0.3 is 5.97 Å². The van der Waals surface area contributed by atoms with E-state index in [1.54, 1.807) is 6.07 Å². The predicted molar refractivity (Wildman–Crippen MR) is 65.1 cm³/mol. The van der Waals surface area contributed by atoms with Gasteiger partial charge in [0.15, 0.2) is 0 Å². The molecule has 3 nitrogen and oxygen atoms in total. The second kappa shape index (κ2) is 5.14. The van der Waals surface area contributed by atoms with Crippen LogP contribution >= 0.6 is 15.9 Å². The quantitative estimate of drug-likeness (QED) is 0.929. The number of carbonyl (C=O) groups is 1. The van der Waals surface area contributed by atoms with Crippen molar-refractivity contribution in [3.63, 3.8) is 0 Å². The Kier molecular flexibility index (Phi) is 3.79. The van der Waals surface area contributed by atoms with Crippen molar-refractivity contribution in [3.8, 4) is 0 Å². The number of carboxylic acid groups (broad SMARTS) is 1. The molecule has 0 unspecified atom stereocenters. The number of aliphatic carboxylic acids is 1. The Hall–Kier alpha value is -0.940. The van der Waals surface area contributed by atoms with Crippen molar-refractivity contribution >= 4 is 21.9 Å². The molecular formula is C12H13BrFNO2. The van der Waals surface area contributed by atoms with Gasteiger partial charge in [0, 0.05) is 19.6 Å². The molecule has 1 aliphatic rings. The third-order valence-electron chi connectivity index (χ3n) is 2.89. The summed E-state index contributed by atoms with van der Waals surface area (Å²) in [7, 11) is 0. The van der Waals surface area contributed by atoms with Gasteiger partial charge in [-0.15, -0.1) is 0 Å². The monoisotopic (exact) mass is 301 g/mol. The van der Waals surface area contributed by atoms with Gasteiger partial charge in [-0.2, -0.15) is 0 Å². The average Bonchev–Trinajstić information content (AvgIpc) is 2.19. The summed E-state index contributed by atoms with van der Waals surface area (Å²) >= 11 is 3.11. The number of carboxylic acids is 1. The smallest absolute Gasteiger partial charge is 0.303 e. The van der Waals surface area contributed by atoms with E-state index in [4.69, 9.17) is 5.11 Å². The number of benzene rings is 1. The Morgan fingerprint density at radius 2 is 2.24 bits per heavy atom. The first-order chi connectivity index (χ1) is 8.04. The SMILES string of the molecule is O=C(O)CC1CN(Cc2ccc(Br)c(F)c2)C1. The van der Waals surface area contributed by atoms with Crippen molar-refractivity contribution in [2.24, 2.45) is 5.92 Å². The highest BCUT2D eigenvalue weighted by Crippen LogP contribution is 2.23. The van der Waals surface area contributed by atoms with Gasteiger partial charge in [-0.3, -0.25) is 9.69 Å². The van der Waals surface area contributed by atoms with Crippen LogP contribution < -0.4 is 0 Å². The molecule has 2 rings (SSSR count). The van der Waals surface area contributed by atoms with Crippen LogP contribution in [0.2, 0.25) is 0 Å². The van der Waals surface area contributed by atoms with Crippen molar-refractivity contribution in [2.45, 2.75) is 13.0 Å². The van der Waals surface area contributed by atoms with Crippen LogP contribution in [0.3, 0.4) is 0 Å². The molecule has 0 spiro atoms. The number of nitrogens with zero attached hydrogens (tertiary/aromatic N) is 1. The van der Waals surface area contributed by atoms with Crippen LogP contribution in [-0.4, -0.2) is 29.1 Å². The Morgan fingerprint density at radius 1 is 1.53 bits per heavy atom. The fraction of sp³-hybridized carbons (Fsp3) is 0.417. The average molecular weight is 302 g/mol. The minimum atomic E-state index is -0.746. The summed E-state index contributed by atoms with van der Waals surface area (Å²) in [5.41, 5.74) is 0.916. The van der Waals surface area contributed by atoms with Crippen molar-refractivity contribution < 1.29 is 14.3 Å². The minimum absolute atomic E-state index is 0.227. The number of likely N-dealkylation sites (tertiary alicyclic amines) is 1. The molecule has 0 saturated carbocycles. The summed E-state index contributed by atoms with van der Waals surface area (Å²) < 4.78 is 13.7. The van der Waals surface area contributed by atoms with Gasteiger partial charge < -0.3 is 5.11 Å². The van der Waals surface area contributed by atoms with Crippen LogP contribution in [-0.2, 0) is 11.3 Å². The fourth-order valence-corrected chi connectivity index (χ4v) is 2.32. The summed E-state index contributed by atoms with van der Waals surface area (Å²) in [6.07, 6.45) is 0.227. The van der Waals surface area contributed by atoms with Crippen molar-refractivity contribution in [1.29, 1.82) is 0 Å². The number of halogens is 2. The molecule has 0 aromatic heterocycles. The van der Waals surface area contributed by atoms with Crippen LogP contribution in [0.4, 0.5) is 4.39 Å². The second-order valence-corrected chi connectivity index (χ2v) is 5.26. The summed E-state index contributed by atoms with van der Waals surface area (Å²) in [6.45, 7) is 2.24. The largest absolute Gasteiger partial charge is 0.481 e. The first-order valence-electron chi connectivity index (χ1n) is 5.42. The molecule has 0 atom stereocenters. The van der Waals surface area contributed by atoms with E-state index in [1.807, 2.05) is 6.07 Å². The van der Waals surface area contributed by atoms with E-state index in [9.17, 15) is 9.18 Å². The van der Waals surface area contributed by atoms with E-state index >= 15 is 0 Å². The predicted octanol–water partition coefficient (Wildman–Crippen LogP) is 2.49. The van der Waals surface area contributed by atoms with Crippen molar-refractivity contribution in [2.75, 3.05) is 13.1 Å². The molecule has 0 radical (unpaired) electrons. The summed E-state index contributed by atoms with van der Waals surface area (Å²) in [6, 6.07) is 5.07. The Morgan fingerprint density at radius 3 is 2.82 bits per heavy atom. The lowest BCUT2D eigenvalue weighted by atomic mass is 9.96. The number of hydrogen-bond acceptors (Lipinski definition) is 2. The van der Waals surface area contributed by atoms with E-state index < -0.39 is 5.97 Å². The van der Waals surface area contributed by atoms with E-state index in [2.05, 4.69) is 20.8 Å². The highest BCUT2D eigenvalue weighted by atomic mass is 79.9. The van der Waals surface area contributed by atoms with Gasteiger partial charge in [0.2, 0.25) is 0 Å². The van der Waals surface area contributed by atoms with Crippen LogP contribution in [0, 0.1) is 11.7 Å². The molecule has 5 heteroatoms. The minimum Gasteiger partial charge on any atom is -0.481 e. The van der Waals surface area contributed by atoms with Crippen LogP contribution in [0.25, 0.3) is 0 Å². The fourth-order valence-electron chi connectivity index (χ4n) is 2.08. The van der Waals surface area contributed by atoms with Crippen molar-refractivity contribution in [1.82, 2.24) is 4.90 Å². The number of rotatable bonds is 4. The molecule has 1 aromatic rings. The van der Waals surface area contributed by atoms with E-state index in [-0.39, 0.29) is 18.2 Å². The Balaban J connectivity index is 1.83. The lowest BCUT2D eigenvalue weighted by Gasteiger charge is -2.38. The maximum absolute atomic E-state index is 13.3. The normalized spacial score (nSPS) is 16.8. The highest BCUT2D eigenvalue weighted by Gasteiger charge is 2.28. The maximum Gasteiger partial charge on any atom is 0.303 e. The lowest BCUT2D eigenvalue weighted by Crippen LogP contribution is -2.46. The van der Waals surface area contributed by atoms with Crippen molar-refractivity contribution in [3.05, 3.63) is 34.1 Å². The van der Waals surface area contributed by atoms with Gasteiger partial charge in [-0.1, -0.05) is 6.07 Å². The van der Waals surface area contributed by atoms with Crippen LogP contribution in [0.15, 0.2) is 22.7 Å². The molecular weight excluding hydrogens is 289 g/mol. The molecule has 1 aliphatic heterocycles. The molecule has 1 heterocycles. The van der Waals surface area contributed by atoms with E-state index in [1.165, 1.54) is 6.07 Å². The van der Waals surface area contributed by atoms with Gasteiger partial charge in [0.25, 0.3) is 0 Å². The van der Waals surface area contributed by atoms with Crippen LogP contribution in [0.1, 0.15) is 12.0 Å². The van der Waals surface area contributed by atoms with E-state index in [0.29, 0.717) is 11.0 Å². The second-order valence-electron chi connectivity index (χ2n) is 4.41. The molecule has 17 heavy (non-hydrogen) atoms. The van der Waals surface area contributed by atoms with Gasteiger partial charge in [0.1, 0.15) is 5.82 Å². The van der Waals surface area contributed by atoms with Crippen LogP contribution in [0.5, 0.6) is 0 Å². The van der Waals surface area contributed by atoms with Gasteiger partial charge in [-0.25, -0.2) is 4.39 Å². The lowest BCUT2D eigenvalue weighted by molar-refractivity contribution is -0.139. The zero-order valence-corrected chi connectivity index (χ0v) is 10.8. The molecule has 0 aliphatic carbocycles.